The molecule has 3 atom stereocenters. The van der Waals surface area contributed by atoms with E-state index in [1.165, 1.54) is 135 Å². The summed E-state index contributed by atoms with van der Waals surface area (Å²) in [7, 11) is 1.30. The fraction of sp³-hybridized carbons (Fsp3) is 0.929. The standard InChI is InChI=1S/C42H85N2O6P/c1-6-8-10-12-14-16-17-18-19-20-21-22-23-24-25-26-28-30-32-34-36-42(46)43-40(39-50-51(47,48)49-38-37-44(3,4)5)41(45)35-33-31-29-27-15-13-11-9-7-2/h21-22,40-41,45H,6-20,23-39H2,1-5H3,(H-,43,46,47,48)/b22-21-. The predicted octanol–water partition coefficient (Wildman–Crippen LogP) is 10.9. The molecular formula is C42H85N2O6P. The molecule has 0 radical (unpaired) electrons. The van der Waals surface area contributed by atoms with E-state index in [-0.39, 0.29) is 19.1 Å². The molecule has 3 unspecified atom stereocenters. The first-order chi connectivity index (χ1) is 24.5. The van der Waals surface area contributed by atoms with Crippen molar-refractivity contribution in [2.24, 2.45) is 0 Å². The molecule has 304 valence electrons. The average Bonchev–Trinajstić information content (AvgIpc) is 3.07. The number of amides is 1. The number of phosphoric acid groups is 1. The van der Waals surface area contributed by atoms with E-state index in [1.54, 1.807) is 0 Å². The van der Waals surface area contributed by atoms with Gasteiger partial charge < -0.3 is 28.8 Å². The molecule has 0 aliphatic heterocycles. The molecule has 9 heteroatoms. The Morgan fingerprint density at radius 1 is 0.667 bits per heavy atom. The molecule has 0 spiro atoms. The van der Waals surface area contributed by atoms with Crippen molar-refractivity contribution in [1.29, 1.82) is 0 Å². The SMILES string of the molecule is CCCCCCCCCCC/C=C\CCCCCCCCCC(=O)NC(COP(=O)([O-])OCC[N+](C)(C)C)C(O)CCCCCCCCCCC. The van der Waals surface area contributed by atoms with Crippen LogP contribution in [0.15, 0.2) is 12.2 Å². The van der Waals surface area contributed by atoms with Gasteiger partial charge in [0.2, 0.25) is 5.91 Å². The van der Waals surface area contributed by atoms with E-state index in [0.717, 1.165) is 38.5 Å². The molecule has 0 aliphatic carbocycles. The summed E-state index contributed by atoms with van der Waals surface area (Å²) in [5.74, 6) is -0.171. The third-order valence-corrected chi connectivity index (χ3v) is 10.7. The van der Waals surface area contributed by atoms with Crippen LogP contribution in [-0.2, 0) is 18.4 Å². The van der Waals surface area contributed by atoms with Gasteiger partial charge in [-0.1, -0.05) is 167 Å². The van der Waals surface area contributed by atoms with E-state index in [4.69, 9.17) is 9.05 Å². The highest BCUT2D eigenvalue weighted by molar-refractivity contribution is 7.45. The number of unbranched alkanes of at least 4 members (excludes halogenated alkanes) is 24. The van der Waals surface area contributed by atoms with Crippen LogP contribution >= 0.6 is 7.82 Å². The third-order valence-electron chi connectivity index (χ3n) is 9.75. The first-order valence-electron chi connectivity index (χ1n) is 21.5. The van der Waals surface area contributed by atoms with Crippen molar-refractivity contribution in [3.05, 3.63) is 12.2 Å². The van der Waals surface area contributed by atoms with Crippen molar-refractivity contribution < 1.29 is 32.9 Å². The maximum Gasteiger partial charge on any atom is 0.268 e. The zero-order valence-electron chi connectivity index (χ0n) is 34.3. The molecule has 8 nitrogen and oxygen atoms in total. The second-order valence-corrected chi connectivity index (χ2v) is 17.5. The van der Waals surface area contributed by atoms with E-state index >= 15 is 0 Å². The lowest BCUT2D eigenvalue weighted by Gasteiger charge is -2.30. The molecule has 0 saturated heterocycles. The Hall–Kier alpha value is -0.760. The van der Waals surface area contributed by atoms with E-state index in [9.17, 15) is 19.4 Å². The van der Waals surface area contributed by atoms with Crippen LogP contribution in [0.25, 0.3) is 0 Å². The second-order valence-electron chi connectivity index (χ2n) is 16.1. The maximum absolute atomic E-state index is 12.8. The number of allylic oxidation sites excluding steroid dienone is 2. The monoisotopic (exact) mass is 745 g/mol. The Morgan fingerprint density at radius 3 is 1.53 bits per heavy atom. The Labute approximate surface area is 316 Å². The Bertz CT molecular complexity index is 850. The lowest BCUT2D eigenvalue weighted by atomic mass is 10.0. The number of nitrogens with zero attached hydrogens (tertiary/aromatic N) is 1. The van der Waals surface area contributed by atoms with Crippen molar-refractivity contribution in [3.63, 3.8) is 0 Å². The number of phosphoric ester groups is 1. The number of carbonyl (C=O) groups excluding carboxylic acids is 1. The van der Waals surface area contributed by atoms with Crippen molar-refractivity contribution in [1.82, 2.24) is 5.32 Å². The molecular weight excluding hydrogens is 659 g/mol. The molecule has 0 heterocycles. The summed E-state index contributed by atoms with van der Waals surface area (Å²) in [6.07, 6.45) is 37.9. The van der Waals surface area contributed by atoms with Gasteiger partial charge in [-0.05, 0) is 38.5 Å². The van der Waals surface area contributed by atoms with Crippen molar-refractivity contribution in [2.45, 2.75) is 212 Å². The number of aliphatic hydroxyl groups excluding tert-OH is 1. The number of quaternary nitrogens is 1. The molecule has 0 rings (SSSR count). The maximum atomic E-state index is 12.8. The minimum atomic E-state index is -4.55. The molecule has 51 heavy (non-hydrogen) atoms. The van der Waals surface area contributed by atoms with Gasteiger partial charge in [0.05, 0.1) is 39.9 Å². The first kappa shape index (κ1) is 50.2. The first-order valence-corrected chi connectivity index (χ1v) is 23.0. The molecule has 1 amide bonds. The highest BCUT2D eigenvalue weighted by atomic mass is 31.2. The minimum Gasteiger partial charge on any atom is -0.756 e. The van der Waals surface area contributed by atoms with Crippen molar-refractivity contribution in [2.75, 3.05) is 40.9 Å². The summed E-state index contributed by atoms with van der Waals surface area (Å²) in [4.78, 5) is 25.2. The van der Waals surface area contributed by atoms with Crippen LogP contribution in [0.5, 0.6) is 0 Å². The van der Waals surface area contributed by atoms with Gasteiger partial charge in [-0.3, -0.25) is 9.36 Å². The van der Waals surface area contributed by atoms with Gasteiger partial charge in [-0.25, -0.2) is 0 Å². The zero-order chi connectivity index (χ0) is 37.9. The zero-order valence-corrected chi connectivity index (χ0v) is 35.2. The molecule has 0 bridgehead atoms. The number of likely N-dealkylation sites (N-methyl/N-ethyl adjacent to an activating group) is 1. The Morgan fingerprint density at radius 2 is 1.08 bits per heavy atom. The number of nitrogens with one attached hydrogen (secondary N) is 1. The average molecular weight is 745 g/mol. The van der Waals surface area contributed by atoms with Crippen molar-refractivity contribution >= 4 is 13.7 Å². The Balaban J connectivity index is 4.25. The summed E-state index contributed by atoms with van der Waals surface area (Å²) in [5.41, 5.74) is 0. The van der Waals surface area contributed by atoms with Crippen molar-refractivity contribution in [3.8, 4) is 0 Å². The highest BCUT2D eigenvalue weighted by Crippen LogP contribution is 2.38. The smallest absolute Gasteiger partial charge is 0.268 e. The highest BCUT2D eigenvalue weighted by Gasteiger charge is 2.24. The largest absolute Gasteiger partial charge is 0.756 e. The molecule has 0 saturated carbocycles. The van der Waals surface area contributed by atoms with Gasteiger partial charge in [0.1, 0.15) is 13.2 Å². The van der Waals surface area contributed by atoms with E-state index in [0.29, 0.717) is 23.9 Å². The van der Waals surface area contributed by atoms with Crippen LogP contribution in [0.4, 0.5) is 0 Å². The van der Waals surface area contributed by atoms with Crippen LogP contribution in [0.2, 0.25) is 0 Å². The fourth-order valence-corrected chi connectivity index (χ4v) is 6.99. The van der Waals surface area contributed by atoms with Gasteiger partial charge >= 0.3 is 0 Å². The van der Waals surface area contributed by atoms with E-state index < -0.39 is 20.0 Å². The van der Waals surface area contributed by atoms with Crippen LogP contribution < -0.4 is 10.2 Å². The number of aliphatic hydroxyl groups is 1. The molecule has 0 aromatic heterocycles. The van der Waals surface area contributed by atoms with Crippen LogP contribution in [-0.4, -0.2) is 68.5 Å². The molecule has 0 fully saturated rings. The fourth-order valence-electron chi connectivity index (χ4n) is 6.27. The lowest BCUT2D eigenvalue weighted by Crippen LogP contribution is -2.46. The minimum absolute atomic E-state index is 0.0127. The topological polar surface area (TPSA) is 108 Å². The summed E-state index contributed by atoms with van der Waals surface area (Å²) < 4.78 is 23.2. The number of hydrogen-bond acceptors (Lipinski definition) is 6. The molecule has 0 aromatic carbocycles. The summed E-state index contributed by atoms with van der Waals surface area (Å²) in [6.45, 7) is 4.69. The molecule has 2 N–H and O–H groups in total. The van der Waals surface area contributed by atoms with Crippen LogP contribution in [0.3, 0.4) is 0 Å². The van der Waals surface area contributed by atoms with Crippen LogP contribution in [0, 0.1) is 0 Å². The number of hydrogen-bond donors (Lipinski definition) is 2. The normalized spacial score (nSPS) is 14.6. The number of rotatable bonds is 39. The Kier molecular flexibility index (Phi) is 34.5. The van der Waals surface area contributed by atoms with Gasteiger partial charge in [-0.2, -0.15) is 0 Å². The van der Waals surface area contributed by atoms with E-state index in [2.05, 4.69) is 31.3 Å². The lowest BCUT2D eigenvalue weighted by molar-refractivity contribution is -0.870. The van der Waals surface area contributed by atoms with Gasteiger partial charge in [0, 0.05) is 6.42 Å². The summed E-state index contributed by atoms with van der Waals surface area (Å²) in [6, 6.07) is -0.796. The molecule has 0 aromatic rings. The molecule has 0 aliphatic rings. The quantitative estimate of drug-likeness (QED) is 0.0281. The van der Waals surface area contributed by atoms with Gasteiger partial charge in [0.25, 0.3) is 7.82 Å². The second kappa shape index (κ2) is 35.0. The van der Waals surface area contributed by atoms with Crippen LogP contribution in [0.1, 0.15) is 200 Å². The van der Waals surface area contributed by atoms with Gasteiger partial charge in [-0.15, -0.1) is 0 Å². The van der Waals surface area contributed by atoms with Gasteiger partial charge in [0.15, 0.2) is 0 Å². The third kappa shape index (κ3) is 37.4. The predicted molar refractivity (Wildman–Crippen MR) is 215 cm³/mol. The van der Waals surface area contributed by atoms with E-state index in [1.807, 2.05) is 21.1 Å². The summed E-state index contributed by atoms with van der Waals surface area (Å²) >= 11 is 0. The summed E-state index contributed by atoms with van der Waals surface area (Å²) in [5, 5.41) is 13.8. The number of carbonyl (C=O) groups is 1.